The fourth-order valence-corrected chi connectivity index (χ4v) is 5.32. The monoisotopic (exact) mass is 497 g/mol. The summed E-state index contributed by atoms with van der Waals surface area (Å²) >= 11 is 8.74. The molecule has 9 heteroatoms. The molecule has 1 N–H and O–H groups in total. The highest BCUT2D eigenvalue weighted by Gasteiger charge is 2.16. The van der Waals surface area contributed by atoms with Crippen LogP contribution >= 0.6 is 34.7 Å². The number of benzene rings is 2. The van der Waals surface area contributed by atoms with Crippen molar-refractivity contribution in [1.82, 2.24) is 9.55 Å². The standard InChI is InChI=1S/C24H20ClN3O3S2/c1-3-11-28-23(30)22-18(13-20(33-22)15-7-5-4-6-8-15)27-24(28)32-14-21(29)26-16-9-10-19(31-2)17(25)12-16/h3-10,12-13H,1,11,14H2,2H3,(H,26,29). The normalized spacial score (nSPS) is 10.8. The van der Waals surface area contributed by atoms with Crippen LogP contribution in [0.3, 0.4) is 0 Å². The first kappa shape index (κ1) is 23.1. The van der Waals surface area contributed by atoms with E-state index in [1.807, 2.05) is 36.4 Å². The first-order valence-electron chi connectivity index (χ1n) is 9.97. The minimum Gasteiger partial charge on any atom is -0.495 e. The van der Waals surface area contributed by atoms with Crippen LogP contribution in [0.25, 0.3) is 20.7 Å². The molecule has 0 spiro atoms. The number of thioether (sulfide) groups is 1. The lowest BCUT2D eigenvalue weighted by molar-refractivity contribution is -0.113. The van der Waals surface area contributed by atoms with Gasteiger partial charge in [0.05, 0.1) is 23.4 Å². The summed E-state index contributed by atoms with van der Waals surface area (Å²) in [6, 6.07) is 16.8. The molecule has 0 fully saturated rings. The number of rotatable bonds is 8. The Balaban J connectivity index is 1.57. The van der Waals surface area contributed by atoms with E-state index in [-0.39, 0.29) is 17.2 Å². The largest absolute Gasteiger partial charge is 0.495 e. The molecule has 4 aromatic rings. The second-order valence-corrected chi connectivity index (χ2v) is 9.38. The van der Waals surface area contributed by atoms with Gasteiger partial charge in [0.25, 0.3) is 5.56 Å². The molecular formula is C24H20ClN3O3S2. The van der Waals surface area contributed by atoms with Crippen LogP contribution in [-0.2, 0) is 11.3 Å². The number of ether oxygens (including phenoxy) is 1. The van der Waals surface area contributed by atoms with Crippen LogP contribution < -0.4 is 15.6 Å². The summed E-state index contributed by atoms with van der Waals surface area (Å²) < 4.78 is 7.25. The minimum absolute atomic E-state index is 0.0778. The van der Waals surface area contributed by atoms with Gasteiger partial charge < -0.3 is 10.1 Å². The van der Waals surface area contributed by atoms with Gasteiger partial charge in [-0.05, 0) is 29.8 Å². The average Bonchev–Trinajstić information content (AvgIpc) is 3.25. The van der Waals surface area contributed by atoms with Crippen molar-refractivity contribution < 1.29 is 9.53 Å². The Morgan fingerprint density at radius 3 is 2.76 bits per heavy atom. The lowest BCUT2D eigenvalue weighted by Crippen LogP contribution is -2.23. The molecular weight excluding hydrogens is 478 g/mol. The molecule has 2 heterocycles. The number of halogens is 1. The van der Waals surface area contributed by atoms with Crippen molar-refractivity contribution in [2.75, 3.05) is 18.2 Å². The van der Waals surface area contributed by atoms with E-state index in [1.54, 1.807) is 28.8 Å². The maximum Gasteiger partial charge on any atom is 0.272 e. The third kappa shape index (κ3) is 5.13. The van der Waals surface area contributed by atoms with Crippen LogP contribution in [0.4, 0.5) is 5.69 Å². The molecule has 0 aliphatic heterocycles. The van der Waals surface area contributed by atoms with E-state index in [1.165, 1.54) is 30.2 Å². The topological polar surface area (TPSA) is 73.2 Å². The van der Waals surface area contributed by atoms with E-state index in [2.05, 4.69) is 16.9 Å². The number of methoxy groups -OCH3 is 1. The summed E-state index contributed by atoms with van der Waals surface area (Å²) in [7, 11) is 1.53. The second kappa shape index (κ2) is 10.2. The Morgan fingerprint density at radius 1 is 1.27 bits per heavy atom. The van der Waals surface area contributed by atoms with Crippen molar-refractivity contribution >= 4 is 56.5 Å². The van der Waals surface area contributed by atoms with Gasteiger partial charge in [-0.25, -0.2) is 4.98 Å². The molecule has 2 aromatic heterocycles. The number of allylic oxidation sites excluding steroid dienone is 1. The number of nitrogens with one attached hydrogen (secondary N) is 1. The molecule has 6 nitrogen and oxygen atoms in total. The molecule has 0 radical (unpaired) electrons. The van der Waals surface area contributed by atoms with Crippen LogP contribution in [0, 0.1) is 0 Å². The molecule has 0 aliphatic carbocycles. The zero-order valence-corrected chi connectivity index (χ0v) is 20.1. The summed E-state index contributed by atoms with van der Waals surface area (Å²) in [6.07, 6.45) is 1.64. The molecule has 33 heavy (non-hydrogen) atoms. The maximum absolute atomic E-state index is 13.2. The number of carbonyl (C=O) groups is 1. The zero-order chi connectivity index (χ0) is 23.4. The number of amides is 1. The summed E-state index contributed by atoms with van der Waals surface area (Å²) in [5, 5.41) is 3.67. The van der Waals surface area contributed by atoms with Crippen LogP contribution in [-0.4, -0.2) is 28.3 Å². The van der Waals surface area contributed by atoms with Gasteiger partial charge in [0.2, 0.25) is 5.91 Å². The number of hydrogen-bond acceptors (Lipinski definition) is 6. The van der Waals surface area contributed by atoms with Crippen LogP contribution in [0.1, 0.15) is 0 Å². The maximum atomic E-state index is 13.2. The third-order valence-electron chi connectivity index (χ3n) is 4.74. The zero-order valence-electron chi connectivity index (χ0n) is 17.7. The SMILES string of the molecule is C=CCn1c(SCC(=O)Nc2ccc(OC)c(Cl)c2)nc2cc(-c3ccccc3)sc2c1=O. The van der Waals surface area contributed by atoms with Crippen molar-refractivity contribution in [1.29, 1.82) is 0 Å². The lowest BCUT2D eigenvalue weighted by atomic mass is 10.2. The average molecular weight is 498 g/mol. The molecule has 0 unspecified atom stereocenters. The molecule has 2 aromatic carbocycles. The highest BCUT2D eigenvalue weighted by molar-refractivity contribution is 7.99. The fraction of sp³-hybridized carbons (Fsp3) is 0.125. The summed E-state index contributed by atoms with van der Waals surface area (Å²) in [4.78, 5) is 31.3. The summed E-state index contributed by atoms with van der Waals surface area (Å²) in [5.74, 6) is 0.366. The Hall–Kier alpha value is -3.07. The number of aromatic nitrogens is 2. The first-order valence-corrected chi connectivity index (χ1v) is 12.1. The predicted octanol–water partition coefficient (Wildman–Crippen LogP) is 5.70. The van der Waals surface area contributed by atoms with Crippen molar-refractivity contribution in [2.24, 2.45) is 0 Å². The molecule has 0 bridgehead atoms. The first-order chi connectivity index (χ1) is 16.0. The van der Waals surface area contributed by atoms with Gasteiger partial charge in [-0.2, -0.15) is 0 Å². The van der Waals surface area contributed by atoms with Crippen molar-refractivity contribution in [3.05, 3.63) is 82.6 Å². The summed E-state index contributed by atoms with van der Waals surface area (Å²) in [6.45, 7) is 4.05. The third-order valence-corrected chi connectivity index (χ3v) is 7.17. The van der Waals surface area contributed by atoms with Gasteiger partial charge >= 0.3 is 0 Å². The number of thiophene rings is 1. The second-order valence-electron chi connectivity index (χ2n) is 6.98. The van der Waals surface area contributed by atoms with E-state index >= 15 is 0 Å². The van der Waals surface area contributed by atoms with Gasteiger partial charge in [0, 0.05) is 17.1 Å². The van der Waals surface area contributed by atoms with Gasteiger partial charge in [-0.1, -0.05) is 59.8 Å². The minimum atomic E-state index is -0.240. The molecule has 4 rings (SSSR count). The molecule has 0 saturated carbocycles. The molecule has 0 atom stereocenters. The van der Waals surface area contributed by atoms with E-state index in [0.717, 1.165) is 10.4 Å². The van der Waals surface area contributed by atoms with E-state index in [4.69, 9.17) is 16.3 Å². The van der Waals surface area contributed by atoms with Crippen molar-refractivity contribution in [2.45, 2.75) is 11.7 Å². The van der Waals surface area contributed by atoms with Crippen molar-refractivity contribution in [3.8, 4) is 16.2 Å². The van der Waals surface area contributed by atoms with Gasteiger partial charge in [0.15, 0.2) is 5.16 Å². The van der Waals surface area contributed by atoms with Gasteiger partial charge in [-0.15, -0.1) is 17.9 Å². The van der Waals surface area contributed by atoms with Crippen LogP contribution in [0.2, 0.25) is 5.02 Å². The predicted molar refractivity (Wildman–Crippen MR) is 137 cm³/mol. The number of hydrogen-bond donors (Lipinski definition) is 1. The molecule has 168 valence electrons. The molecule has 1 amide bonds. The Labute approximate surface area is 203 Å². The number of fused-ring (bicyclic) bond motifs is 1. The van der Waals surface area contributed by atoms with E-state index in [9.17, 15) is 9.59 Å². The lowest BCUT2D eigenvalue weighted by Gasteiger charge is -2.11. The van der Waals surface area contributed by atoms with Crippen LogP contribution in [0.5, 0.6) is 5.75 Å². The summed E-state index contributed by atoms with van der Waals surface area (Å²) in [5.41, 5.74) is 2.07. The molecule has 0 aliphatic rings. The van der Waals surface area contributed by atoms with Crippen LogP contribution in [0.15, 0.2) is 77.2 Å². The number of anilines is 1. The van der Waals surface area contributed by atoms with E-state index < -0.39 is 0 Å². The number of nitrogens with zero attached hydrogens (tertiary/aromatic N) is 2. The van der Waals surface area contributed by atoms with Crippen molar-refractivity contribution in [3.63, 3.8) is 0 Å². The Kier molecular flexibility index (Phi) is 7.17. The van der Waals surface area contributed by atoms with Gasteiger partial charge in [-0.3, -0.25) is 14.2 Å². The highest BCUT2D eigenvalue weighted by Crippen LogP contribution is 2.32. The molecule has 0 saturated heterocycles. The fourth-order valence-electron chi connectivity index (χ4n) is 3.21. The smallest absolute Gasteiger partial charge is 0.272 e. The highest BCUT2D eigenvalue weighted by atomic mass is 35.5. The Bertz CT molecular complexity index is 1380. The van der Waals surface area contributed by atoms with E-state index in [0.29, 0.717) is 38.4 Å². The van der Waals surface area contributed by atoms with Gasteiger partial charge in [0.1, 0.15) is 10.4 Å². The quantitative estimate of drug-likeness (QED) is 0.192. The Morgan fingerprint density at radius 2 is 2.06 bits per heavy atom. The number of carbonyl (C=O) groups excluding carboxylic acids is 1.